The number of benzene rings is 1. The Morgan fingerprint density at radius 1 is 0.963 bits per heavy atom. The third kappa shape index (κ3) is 5.26. The highest BCUT2D eigenvalue weighted by Crippen LogP contribution is 2.32. The molecule has 0 fully saturated rings. The number of oxazole rings is 1. The largest absolute Gasteiger partial charge is 0.440 e. The van der Waals surface area contributed by atoms with E-state index in [1.807, 2.05) is 42.5 Å². The molecule has 0 unspecified atom stereocenters. The minimum Gasteiger partial charge on any atom is -0.440 e. The molecule has 140 valence electrons. The molecule has 5 heteroatoms. The third-order valence-electron chi connectivity index (χ3n) is 4.48. The minimum atomic E-state index is 0.109. The number of carbonyl (C=O) groups is 1. The van der Waals surface area contributed by atoms with E-state index in [-0.39, 0.29) is 5.91 Å². The molecule has 0 saturated heterocycles. The van der Waals surface area contributed by atoms with E-state index in [9.17, 15) is 4.79 Å². The number of unbranched alkanes of at least 4 members (excludes halogenated alkanes) is 3. The lowest BCUT2D eigenvalue weighted by Gasteiger charge is -2.00. The van der Waals surface area contributed by atoms with E-state index in [1.165, 1.54) is 0 Å². The SMILES string of the molecule is CNC(=O)CCCCCCc1nc(-c2ccccc2)c(-c2ccncc2)o1. The molecule has 5 nitrogen and oxygen atoms in total. The highest BCUT2D eigenvalue weighted by Gasteiger charge is 2.16. The van der Waals surface area contributed by atoms with Gasteiger partial charge in [0.25, 0.3) is 0 Å². The molecule has 1 N–H and O–H groups in total. The molecule has 3 aromatic rings. The van der Waals surface area contributed by atoms with Gasteiger partial charge in [0.1, 0.15) is 5.69 Å². The van der Waals surface area contributed by atoms with E-state index >= 15 is 0 Å². The zero-order valence-electron chi connectivity index (χ0n) is 15.6. The second kappa shape index (κ2) is 9.67. The van der Waals surface area contributed by atoms with Crippen molar-refractivity contribution in [1.29, 1.82) is 0 Å². The summed E-state index contributed by atoms with van der Waals surface area (Å²) in [7, 11) is 1.68. The third-order valence-corrected chi connectivity index (χ3v) is 4.48. The number of hydrogen-bond acceptors (Lipinski definition) is 4. The zero-order chi connectivity index (χ0) is 18.9. The number of rotatable bonds is 9. The van der Waals surface area contributed by atoms with Crippen LogP contribution in [0.2, 0.25) is 0 Å². The Kier molecular flexibility index (Phi) is 6.74. The van der Waals surface area contributed by atoms with Crippen LogP contribution in [0.3, 0.4) is 0 Å². The molecule has 27 heavy (non-hydrogen) atoms. The smallest absolute Gasteiger partial charge is 0.219 e. The molecule has 0 aliphatic rings. The number of pyridine rings is 1. The Balaban J connectivity index is 1.66. The highest BCUT2D eigenvalue weighted by molar-refractivity contribution is 5.76. The summed E-state index contributed by atoms with van der Waals surface area (Å²) in [4.78, 5) is 20.1. The van der Waals surface area contributed by atoms with Crippen LogP contribution in [0.25, 0.3) is 22.6 Å². The Bertz CT molecular complexity index is 788. The van der Waals surface area contributed by atoms with Crippen LogP contribution in [-0.2, 0) is 11.2 Å². The Morgan fingerprint density at radius 3 is 2.44 bits per heavy atom. The lowest BCUT2D eigenvalue weighted by Crippen LogP contribution is -2.16. The highest BCUT2D eigenvalue weighted by atomic mass is 16.4. The fourth-order valence-corrected chi connectivity index (χ4v) is 3.00. The summed E-state index contributed by atoms with van der Waals surface area (Å²) in [5.41, 5.74) is 2.90. The molecular weight excluding hydrogens is 338 g/mol. The summed E-state index contributed by atoms with van der Waals surface area (Å²) in [6.45, 7) is 0. The maximum Gasteiger partial charge on any atom is 0.219 e. The fraction of sp³-hybridized carbons (Fsp3) is 0.318. The van der Waals surface area contributed by atoms with Crippen LogP contribution in [0.1, 0.15) is 38.0 Å². The van der Waals surface area contributed by atoms with Crippen molar-refractivity contribution in [3.8, 4) is 22.6 Å². The van der Waals surface area contributed by atoms with Gasteiger partial charge in [-0.2, -0.15) is 0 Å². The van der Waals surface area contributed by atoms with Crippen molar-refractivity contribution in [2.45, 2.75) is 38.5 Å². The van der Waals surface area contributed by atoms with Gasteiger partial charge in [0.15, 0.2) is 11.7 Å². The Morgan fingerprint density at radius 2 is 1.70 bits per heavy atom. The summed E-state index contributed by atoms with van der Waals surface area (Å²) in [6, 6.07) is 14.0. The lowest BCUT2D eigenvalue weighted by molar-refractivity contribution is -0.120. The van der Waals surface area contributed by atoms with Crippen molar-refractivity contribution < 1.29 is 9.21 Å². The first kappa shape index (κ1) is 18.8. The van der Waals surface area contributed by atoms with Crippen molar-refractivity contribution in [3.05, 3.63) is 60.7 Å². The molecule has 1 aromatic carbocycles. The summed E-state index contributed by atoms with van der Waals surface area (Å²) in [5, 5.41) is 2.65. The number of hydrogen-bond donors (Lipinski definition) is 1. The maximum absolute atomic E-state index is 11.2. The molecule has 0 saturated carbocycles. The molecule has 2 heterocycles. The van der Waals surface area contributed by atoms with Gasteiger partial charge < -0.3 is 9.73 Å². The number of aromatic nitrogens is 2. The molecular formula is C22H25N3O2. The van der Waals surface area contributed by atoms with Gasteiger partial charge in [-0.1, -0.05) is 43.2 Å². The van der Waals surface area contributed by atoms with Gasteiger partial charge in [-0.3, -0.25) is 9.78 Å². The summed E-state index contributed by atoms with van der Waals surface area (Å²) in [6.07, 6.45) is 8.94. The van der Waals surface area contributed by atoms with Crippen LogP contribution in [0.15, 0.2) is 59.3 Å². The standard InChI is InChI=1S/C22H25N3O2/c1-23-19(26)11-7-2-3-8-12-20-25-21(17-9-5-4-6-10-17)22(27-20)18-13-15-24-16-14-18/h4-6,9-10,13-16H,2-3,7-8,11-12H2,1H3,(H,23,26). The first-order chi connectivity index (χ1) is 13.3. The fourth-order valence-electron chi connectivity index (χ4n) is 3.00. The van der Waals surface area contributed by atoms with E-state index in [0.29, 0.717) is 6.42 Å². The van der Waals surface area contributed by atoms with Crippen LogP contribution in [0.4, 0.5) is 0 Å². The first-order valence-corrected chi connectivity index (χ1v) is 9.44. The van der Waals surface area contributed by atoms with Crippen LogP contribution in [-0.4, -0.2) is 22.9 Å². The predicted molar refractivity (Wildman–Crippen MR) is 106 cm³/mol. The van der Waals surface area contributed by atoms with Gasteiger partial charge in [0, 0.05) is 43.4 Å². The number of carbonyl (C=O) groups excluding carboxylic acids is 1. The van der Waals surface area contributed by atoms with Crippen molar-refractivity contribution >= 4 is 5.91 Å². The summed E-state index contributed by atoms with van der Waals surface area (Å²) in [5.74, 6) is 1.65. The number of nitrogens with one attached hydrogen (secondary N) is 1. The van der Waals surface area contributed by atoms with Crippen molar-refractivity contribution in [2.75, 3.05) is 7.05 Å². The summed E-state index contributed by atoms with van der Waals surface area (Å²) >= 11 is 0. The van der Waals surface area contributed by atoms with Gasteiger partial charge >= 0.3 is 0 Å². The molecule has 0 spiro atoms. The molecule has 3 rings (SSSR count). The number of amides is 1. The van der Waals surface area contributed by atoms with E-state index in [0.717, 1.165) is 60.6 Å². The number of aryl methyl sites for hydroxylation is 1. The Hall–Kier alpha value is -2.95. The molecule has 0 aliphatic heterocycles. The second-order valence-corrected chi connectivity index (χ2v) is 6.47. The maximum atomic E-state index is 11.2. The average Bonchev–Trinajstić information content (AvgIpc) is 3.16. The van der Waals surface area contributed by atoms with Gasteiger partial charge in [-0.25, -0.2) is 4.98 Å². The van der Waals surface area contributed by atoms with Gasteiger partial charge in [-0.15, -0.1) is 0 Å². The molecule has 0 bridgehead atoms. The number of nitrogens with zero attached hydrogens (tertiary/aromatic N) is 2. The molecule has 2 aromatic heterocycles. The molecule has 0 atom stereocenters. The van der Waals surface area contributed by atoms with E-state index in [2.05, 4.69) is 10.3 Å². The normalized spacial score (nSPS) is 10.7. The quantitative estimate of drug-likeness (QED) is 0.562. The Labute approximate surface area is 159 Å². The summed E-state index contributed by atoms with van der Waals surface area (Å²) < 4.78 is 6.11. The second-order valence-electron chi connectivity index (χ2n) is 6.47. The van der Waals surface area contributed by atoms with Gasteiger partial charge in [0.05, 0.1) is 0 Å². The van der Waals surface area contributed by atoms with Gasteiger partial charge in [0.2, 0.25) is 5.91 Å². The first-order valence-electron chi connectivity index (χ1n) is 9.44. The van der Waals surface area contributed by atoms with Crippen LogP contribution < -0.4 is 5.32 Å². The monoisotopic (exact) mass is 363 g/mol. The van der Waals surface area contributed by atoms with E-state index < -0.39 is 0 Å². The minimum absolute atomic E-state index is 0.109. The lowest BCUT2D eigenvalue weighted by atomic mass is 10.1. The predicted octanol–water partition coefficient (Wildman–Crippen LogP) is 4.64. The average molecular weight is 363 g/mol. The molecule has 0 aliphatic carbocycles. The van der Waals surface area contributed by atoms with Crippen molar-refractivity contribution in [1.82, 2.24) is 15.3 Å². The zero-order valence-corrected chi connectivity index (χ0v) is 15.6. The molecule has 1 amide bonds. The van der Waals surface area contributed by atoms with E-state index in [1.54, 1.807) is 19.4 Å². The molecule has 0 radical (unpaired) electrons. The van der Waals surface area contributed by atoms with Crippen LogP contribution in [0, 0.1) is 0 Å². The van der Waals surface area contributed by atoms with Gasteiger partial charge in [-0.05, 0) is 25.0 Å². The van der Waals surface area contributed by atoms with Crippen molar-refractivity contribution in [2.24, 2.45) is 0 Å². The van der Waals surface area contributed by atoms with Crippen molar-refractivity contribution in [3.63, 3.8) is 0 Å². The topological polar surface area (TPSA) is 68.0 Å². The van der Waals surface area contributed by atoms with Crippen LogP contribution >= 0.6 is 0 Å². The van der Waals surface area contributed by atoms with E-state index in [4.69, 9.17) is 9.40 Å². The van der Waals surface area contributed by atoms with Crippen LogP contribution in [0.5, 0.6) is 0 Å².